The molecule has 0 unspecified atom stereocenters. The Kier molecular flexibility index (Phi) is 5.96. The molecule has 0 aliphatic rings. The highest BCUT2D eigenvalue weighted by Gasteiger charge is 2.01. The van der Waals surface area contributed by atoms with Gasteiger partial charge in [0.05, 0.1) is 0 Å². The van der Waals surface area contributed by atoms with Crippen molar-refractivity contribution in [2.75, 3.05) is 0 Å². The second-order valence-corrected chi connectivity index (χ2v) is 5.80. The summed E-state index contributed by atoms with van der Waals surface area (Å²) in [6, 6.07) is 21.4. The molecule has 0 atom stereocenters. The van der Waals surface area contributed by atoms with Gasteiger partial charge >= 0.3 is 0 Å². The lowest BCUT2D eigenvalue weighted by Gasteiger charge is -2.03. The predicted octanol–water partition coefficient (Wildman–Crippen LogP) is 5.37. The highest BCUT2D eigenvalue weighted by Crippen LogP contribution is 2.12. The van der Waals surface area contributed by atoms with E-state index in [0.717, 1.165) is 16.7 Å². The number of pyridine rings is 1. The molecule has 0 saturated carbocycles. The molecule has 0 bridgehead atoms. The molecule has 0 aliphatic carbocycles. The third kappa shape index (κ3) is 5.30. The van der Waals surface area contributed by atoms with Crippen molar-refractivity contribution < 1.29 is 4.84 Å². The van der Waals surface area contributed by atoms with E-state index in [9.17, 15) is 0 Å². The van der Waals surface area contributed by atoms with Crippen molar-refractivity contribution in [3.8, 4) is 0 Å². The van der Waals surface area contributed by atoms with E-state index in [1.165, 1.54) is 0 Å². The minimum absolute atomic E-state index is 0.416. The fourth-order valence-electron chi connectivity index (χ4n) is 2.19. The molecule has 0 N–H and O–H groups in total. The topological polar surface area (TPSA) is 34.5 Å². The first kappa shape index (κ1) is 16.9. The number of oxime groups is 1. The Morgan fingerprint density at radius 1 is 1.00 bits per heavy atom. The van der Waals surface area contributed by atoms with E-state index < -0.39 is 0 Å². The van der Waals surface area contributed by atoms with E-state index in [1.54, 1.807) is 12.4 Å². The van der Waals surface area contributed by atoms with E-state index in [0.29, 0.717) is 17.3 Å². The zero-order chi connectivity index (χ0) is 17.3. The minimum atomic E-state index is 0.416. The fraction of sp³-hybridized carbons (Fsp3) is 0.0476. The molecular weight excluding hydrogens is 332 g/mol. The highest BCUT2D eigenvalue weighted by molar-refractivity contribution is 6.30. The summed E-state index contributed by atoms with van der Waals surface area (Å²) in [6.07, 6.45) is 7.37. The van der Waals surface area contributed by atoms with Crippen LogP contribution in [0.4, 0.5) is 0 Å². The molecule has 3 nitrogen and oxygen atoms in total. The van der Waals surface area contributed by atoms with E-state index in [2.05, 4.69) is 10.1 Å². The molecule has 0 aliphatic heterocycles. The Morgan fingerprint density at radius 2 is 1.80 bits per heavy atom. The smallest absolute Gasteiger partial charge is 0.142 e. The van der Waals surface area contributed by atoms with Crippen LogP contribution in [0.2, 0.25) is 5.02 Å². The van der Waals surface area contributed by atoms with E-state index >= 15 is 0 Å². The summed E-state index contributed by atoms with van der Waals surface area (Å²) in [4.78, 5) is 9.68. The standard InChI is InChI=1S/C21H17ClN2O/c22-20-11-8-17(9-12-20)10-13-21(19-7-4-14-23-15-19)24-25-16-18-5-2-1-3-6-18/h1-15H,16H2/b13-10+,24-21-. The zero-order valence-electron chi connectivity index (χ0n) is 13.5. The quantitative estimate of drug-likeness (QED) is 0.443. The average Bonchev–Trinajstić information content (AvgIpc) is 2.67. The van der Waals surface area contributed by atoms with E-state index in [-0.39, 0.29) is 0 Å². The number of hydrogen-bond acceptors (Lipinski definition) is 3. The van der Waals surface area contributed by atoms with E-state index in [4.69, 9.17) is 16.4 Å². The van der Waals surface area contributed by atoms with Gasteiger partial charge in [-0.15, -0.1) is 0 Å². The third-order valence-corrected chi connectivity index (χ3v) is 3.75. The second-order valence-electron chi connectivity index (χ2n) is 5.36. The number of halogens is 1. The van der Waals surface area contributed by atoms with Gasteiger partial charge in [0, 0.05) is 23.0 Å². The molecule has 0 fully saturated rings. The lowest BCUT2D eigenvalue weighted by Crippen LogP contribution is -1.99. The fourth-order valence-corrected chi connectivity index (χ4v) is 2.32. The molecule has 0 amide bonds. The molecule has 3 rings (SSSR count). The largest absolute Gasteiger partial charge is 0.390 e. The summed E-state index contributed by atoms with van der Waals surface area (Å²) in [5.41, 5.74) is 3.70. The molecule has 0 radical (unpaired) electrons. The molecule has 124 valence electrons. The van der Waals surface area contributed by atoms with Crippen molar-refractivity contribution >= 4 is 23.4 Å². The van der Waals surface area contributed by atoms with Gasteiger partial charge in [0.25, 0.3) is 0 Å². The summed E-state index contributed by atoms with van der Waals surface area (Å²) in [5, 5.41) is 5.00. The van der Waals surface area contributed by atoms with Crippen LogP contribution in [0, 0.1) is 0 Å². The maximum absolute atomic E-state index is 5.92. The SMILES string of the molecule is Clc1ccc(/C=C/C(=N/OCc2ccccc2)c2cccnc2)cc1. The van der Waals surface area contributed by atoms with Crippen molar-refractivity contribution in [2.45, 2.75) is 6.61 Å². The van der Waals surface area contributed by atoms with Crippen LogP contribution in [0.3, 0.4) is 0 Å². The van der Waals surface area contributed by atoms with Crippen LogP contribution in [-0.4, -0.2) is 10.7 Å². The highest BCUT2D eigenvalue weighted by atomic mass is 35.5. The lowest BCUT2D eigenvalue weighted by atomic mass is 10.1. The molecule has 25 heavy (non-hydrogen) atoms. The van der Waals surface area contributed by atoms with Crippen LogP contribution in [0.15, 0.2) is 90.4 Å². The van der Waals surface area contributed by atoms with Crippen molar-refractivity contribution in [1.82, 2.24) is 4.98 Å². The molecule has 1 aromatic heterocycles. The Hall–Kier alpha value is -2.91. The number of hydrogen-bond donors (Lipinski definition) is 0. The first-order valence-corrected chi connectivity index (χ1v) is 8.27. The van der Waals surface area contributed by atoms with Gasteiger partial charge < -0.3 is 4.84 Å². The van der Waals surface area contributed by atoms with Crippen LogP contribution in [-0.2, 0) is 11.4 Å². The summed E-state index contributed by atoms with van der Waals surface area (Å²) in [7, 11) is 0. The van der Waals surface area contributed by atoms with Gasteiger partial charge in [-0.05, 0) is 41.5 Å². The van der Waals surface area contributed by atoms with Crippen LogP contribution in [0.1, 0.15) is 16.7 Å². The number of aromatic nitrogens is 1. The third-order valence-electron chi connectivity index (χ3n) is 3.50. The second kappa shape index (κ2) is 8.81. The Labute approximate surface area is 152 Å². The monoisotopic (exact) mass is 348 g/mol. The van der Waals surface area contributed by atoms with Crippen LogP contribution in [0.5, 0.6) is 0 Å². The molecule has 0 spiro atoms. The minimum Gasteiger partial charge on any atom is -0.390 e. The summed E-state index contributed by atoms with van der Waals surface area (Å²) in [6.45, 7) is 0.416. The number of benzene rings is 2. The van der Waals surface area contributed by atoms with Crippen molar-refractivity contribution in [1.29, 1.82) is 0 Å². The number of allylic oxidation sites excluding steroid dienone is 1. The maximum Gasteiger partial charge on any atom is 0.142 e. The van der Waals surface area contributed by atoms with Gasteiger partial charge in [0.2, 0.25) is 0 Å². The Morgan fingerprint density at radius 3 is 2.52 bits per heavy atom. The first-order valence-electron chi connectivity index (χ1n) is 7.89. The Balaban J connectivity index is 1.77. The van der Waals surface area contributed by atoms with Gasteiger partial charge in [-0.25, -0.2) is 0 Å². The molecule has 2 aromatic carbocycles. The number of nitrogens with zero attached hydrogens (tertiary/aromatic N) is 2. The van der Waals surface area contributed by atoms with Crippen LogP contribution in [0.25, 0.3) is 6.08 Å². The Bertz CT molecular complexity index is 844. The molecule has 4 heteroatoms. The predicted molar refractivity (Wildman–Crippen MR) is 102 cm³/mol. The molecule has 3 aromatic rings. The van der Waals surface area contributed by atoms with E-state index in [1.807, 2.05) is 78.9 Å². The van der Waals surface area contributed by atoms with Gasteiger partial charge in [0.1, 0.15) is 12.3 Å². The molecular formula is C21H17ClN2O. The van der Waals surface area contributed by atoms with Gasteiger partial charge in [0.15, 0.2) is 0 Å². The zero-order valence-corrected chi connectivity index (χ0v) is 14.3. The van der Waals surface area contributed by atoms with Crippen LogP contribution >= 0.6 is 11.6 Å². The number of rotatable bonds is 6. The van der Waals surface area contributed by atoms with Crippen molar-refractivity contribution in [3.63, 3.8) is 0 Å². The molecule has 1 heterocycles. The summed E-state index contributed by atoms with van der Waals surface area (Å²) in [5.74, 6) is 0. The summed E-state index contributed by atoms with van der Waals surface area (Å²) < 4.78 is 0. The van der Waals surface area contributed by atoms with Crippen molar-refractivity contribution in [2.24, 2.45) is 5.16 Å². The van der Waals surface area contributed by atoms with Crippen LogP contribution < -0.4 is 0 Å². The maximum atomic E-state index is 5.92. The van der Waals surface area contributed by atoms with Gasteiger partial charge in [-0.3, -0.25) is 4.98 Å². The van der Waals surface area contributed by atoms with Crippen molar-refractivity contribution in [3.05, 3.63) is 107 Å². The normalized spacial score (nSPS) is 11.6. The lowest BCUT2D eigenvalue weighted by molar-refractivity contribution is 0.131. The summed E-state index contributed by atoms with van der Waals surface area (Å²) >= 11 is 5.92. The molecule has 0 saturated heterocycles. The van der Waals surface area contributed by atoms with Gasteiger partial charge in [-0.2, -0.15) is 0 Å². The average molecular weight is 349 g/mol. The van der Waals surface area contributed by atoms with Gasteiger partial charge in [-0.1, -0.05) is 65.3 Å². The first-order chi connectivity index (χ1) is 12.3.